The second-order valence-corrected chi connectivity index (χ2v) is 7.58. The minimum absolute atomic E-state index is 0.245. The first kappa shape index (κ1) is 23.2. The van der Waals surface area contributed by atoms with Crippen LogP contribution in [0, 0.1) is 5.92 Å². The van der Waals surface area contributed by atoms with Crippen molar-refractivity contribution >= 4 is 17.7 Å². The molecule has 1 fully saturated rings. The number of hydrogen-bond acceptors (Lipinski definition) is 6. The first-order chi connectivity index (χ1) is 15.5. The number of carbonyl (C=O) groups excluding carboxylic acids is 3. The molecule has 3 rings (SSSR count). The second-order valence-electron chi connectivity index (χ2n) is 7.58. The Labute approximate surface area is 187 Å². The van der Waals surface area contributed by atoms with Crippen molar-refractivity contribution in [2.75, 3.05) is 26.8 Å². The summed E-state index contributed by atoms with van der Waals surface area (Å²) in [7, 11) is 1.50. The van der Waals surface area contributed by atoms with Gasteiger partial charge in [-0.05, 0) is 49.6 Å². The molecule has 1 saturated heterocycles. The SMILES string of the molecule is CCCCOc1ccc(C(=O)NNC(=O)C2CCCN(C(=O)c3ccco3)C2)cc1OC. The fourth-order valence-corrected chi connectivity index (χ4v) is 3.48. The van der Waals surface area contributed by atoms with E-state index < -0.39 is 11.8 Å². The summed E-state index contributed by atoms with van der Waals surface area (Å²) in [5, 5.41) is 0. The molecule has 2 aromatic rings. The number of nitrogens with zero attached hydrogens (tertiary/aromatic N) is 1. The highest BCUT2D eigenvalue weighted by Gasteiger charge is 2.30. The minimum Gasteiger partial charge on any atom is -0.493 e. The number of benzene rings is 1. The third-order valence-electron chi connectivity index (χ3n) is 5.29. The lowest BCUT2D eigenvalue weighted by molar-refractivity contribution is -0.127. The number of ether oxygens (including phenoxy) is 2. The molecule has 1 unspecified atom stereocenters. The van der Waals surface area contributed by atoms with Gasteiger partial charge in [-0.1, -0.05) is 13.3 Å². The average Bonchev–Trinajstić information content (AvgIpc) is 3.37. The topological polar surface area (TPSA) is 110 Å². The average molecular weight is 444 g/mol. The van der Waals surface area contributed by atoms with Crippen LogP contribution in [0.2, 0.25) is 0 Å². The van der Waals surface area contributed by atoms with Crippen LogP contribution in [0.15, 0.2) is 41.0 Å². The monoisotopic (exact) mass is 443 g/mol. The highest BCUT2D eigenvalue weighted by atomic mass is 16.5. The van der Waals surface area contributed by atoms with Gasteiger partial charge in [-0.3, -0.25) is 25.2 Å². The van der Waals surface area contributed by atoms with Gasteiger partial charge in [0.15, 0.2) is 17.3 Å². The molecule has 1 aliphatic rings. The minimum atomic E-state index is -0.476. The van der Waals surface area contributed by atoms with Crippen LogP contribution in [-0.4, -0.2) is 49.4 Å². The van der Waals surface area contributed by atoms with Crippen LogP contribution >= 0.6 is 0 Å². The molecule has 0 saturated carbocycles. The predicted molar refractivity (Wildman–Crippen MR) is 116 cm³/mol. The van der Waals surface area contributed by atoms with E-state index in [2.05, 4.69) is 17.8 Å². The zero-order valence-electron chi connectivity index (χ0n) is 18.4. The summed E-state index contributed by atoms with van der Waals surface area (Å²) in [6.45, 7) is 3.46. The van der Waals surface area contributed by atoms with E-state index in [1.165, 1.54) is 13.4 Å². The Morgan fingerprint density at radius 2 is 2.03 bits per heavy atom. The summed E-state index contributed by atoms with van der Waals surface area (Å²) < 4.78 is 16.1. The van der Waals surface area contributed by atoms with E-state index in [1.807, 2.05) is 0 Å². The van der Waals surface area contributed by atoms with Gasteiger partial charge < -0.3 is 18.8 Å². The largest absolute Gasteiger partial charge is 0.493 e. The maximum atomic E-state index is 12.6. The van der Waals surface area contributed by atoms with Crippen molar-refractivity contribution in [3.05, 3.63) is 47.9 Å². The van der Waals surface area contributed by atoms with Crippen molar-refractivity contribution in [3.8, 4) is 11.5 Å². The first-order valence-electron chi connectivity index (χ1n) is 10.8. The fraction of sp³-hybridized carbons (Fsp3) is 0.435. The quantitative estimate of drug-likeness (QED) is 0.480. The van der Waals surface area contributed by atoms with Crippen LogP contribution in [-0.2, 0) is 4.79 Å². The van der Waals surface area contributed by atoms with Gasteiger partial charge in [0, 0.05) is 18.7 Å². The van der Waals surface area contributed by atoms with Crippen LogP contribution in [0.5, 0.6) is 11.5 Å². The number of amides is 3. The van der Waals surface area contributed by atoms with E-state index in [4.69, 9.17) is 13.9 Å². The zero-order valence-corrected chi connectivity index (χ0v) is 18.4. The lowest BCUT2D eigenvalue weighted by Gasteiger charge is -2.31. The molecule has 1 atom stereocenters. The van der Waals surface area contributed by atoms with E-state index in [1.54, 1.807) is 35.2 Å². The Kier molecular flexibility index (Phi) is 8.13. The van der Waals surface area contributed by atoms with Crippen molar-refractivity contribution in [3.63, 3.8) is 0 Å². The predicted octanol–water partition coefficient (Wildman–Crippen LogP) is 2.78. The van der Waals surface area contributed by atoms with Gasteiger partial charge in [-0.25, -0.2) is 0 Å². The van der Waals surface area contributed by atoms with Crippen LogP contribution in [0.3, 0.4) is 0 Å². The summed E-state index contributed by atoms with van der Waals surface area (Å²) in [5.41, 5.74) is 5.22. The van der Waals surface area contributed by atoms with E-state index in [0.29, 0.717) is 43.1 Å². The van der Waals surface area contributed by atoms with Gasteiger partial charge in [0.05, 0.1) is 25.9 Å². The molecular weight excluding hydrogens is 414 g/mol. The molecule has 1 aliphatic heterocycles. The lowest BCUT2D eigenvalue weighted by Crippen LogP contribution is -2.50. The van der Waals surface area contributed by atoms with Gasteiger partial charge in [0.1, 0.15) is 0 Å². The number of nitrogens with one attached hydrogen (secondary N) is 2. The van der Waals surface area contributed by atoms with Crippen molar-refractivity contribution in [1.82, 2.24) is 15.8 Å². The Hall–Kier alpha value is -3.49. The van der Waals surface area contributed by atoms with Crippen LogP contribution in [0.25, 0.3) is 0 Å². The number of furan rings is 1. The number of piperidine rings is 1. The molecule has 32 heavy (non-hydrogen) atoms. The number of unbranched alkanes of at least 4 members (excludes halogenated alkanes) is 1. The van der Waals surface area contributed by atoms with Crippen LogP contribution in [0.4, 0.5) is 0 Å². The number of rotatable bonds is 8. The molecule has 2 N–H and O–H groups in total. The molecule has 1 aromatic heterocycles. The molecule has 172 valence electrons. The molecule has 0 aliphatic carbocycles. The highest BCUT2D eigenvalue weighted by molar-refractivity contribution is 5.96. The zero-order chi connectivity index (χ0) is 22.9. The van der Waals surface area contributed by atoms with E-state index in [0.717, 1.165) is 12.8 Å². The van der Waals surface area contributed by atoms with E-state index >= 15 is 0 Å². The summed E-state index contributed by atoms with van der Waals surface area (Å²) >= 11 is 0. The summed E-state index contributed by atoms with van der Waals surface area (Å²) in [6.07, 6.45) is 4.69. The first-order valence-corrected chi connectivity index (χ1v) is 10.8. The number of hydrazine groups is 1. The summed E-state index contributed by atoms with van der Waals surface area (Å²) in [6, 6.07) is 8.09. The normalized spacial score (nSPS) is 15.7. The number of methoxy groups -OCH3 is 1. The molecule has 3 amide bonds. The fourth-order valence-electron chi connectivity index (χ4n) is 3.48. The van der Waals surface area contributed by atoms with Gasteiger partial charge in [-0.15, -0.1) is 0 Å². The Balaban J connectivity index is 1.53. The second kappa shape index (κ2) is 11.2. The molecular formula is C23H29N3O6. The Morgan fingerprint density at radius 3 is 2.75 bits per heavy atom. The summed E-state index contributed by atoms with van der Waals surface area (Å²) in [5.74, 6) is -0.241. The van der Waals surface area contributed by atoms with Crippen molar-refractivity contribution in [2.45, 2.75) is 32.6 Å². The smallest absolute Gasteiger partial charge is 0.289 e. The van der Waals surface area contributed by atoms with Crippen molar-refractivity contribution in [2.24, 2.45) is 5.92 Å². The number of carbonyl (C=O) groups is 3. The molecule has 1 aromatic carbocycles. The molecule has 2 heterocycles. The third-order valence-corrected chi connectivity index (χ3v) is 5.29. The highest BCUT2D eigenvalue weighted by Crippen LogP contribution is 2.28. The summed E-state index contributed by atoms with van der Waals surface area (Å²) in [4.78, 5) is 39.1. The van der Waals surface area contributed by atoms with Gasteiger partial charge in [0.2, 0.25) is 5.91 Å². The molecule has 0 radical (unpaired) electrons. The number of likely N-dealkylation sites (tertiary alicyclic amines) is 1. The molecule has 9 nitrogen and oxygen atoms in total. The van der Waals surface area contributed by atoms with Gasteiger partial charge >= 0.3 is 0 Å². The standard InChI is InChI=1S/C23H29N3O6/c1-3-4-12-31-18-10-9-16(14-20(18)30-2)21(27)24-25-22(28)17-7-5-11-26(15-17)23(29)19-8-6-13-32-19/h6,8-10,13-14,17H,3-5,7,11-12,15H2,1-2H3,(H,24,27)(H,25,28). The molecule has 0 bridgehead atoms. The van der Waals surface area contributed by atoms with Crippen molar-refractivity contribution < 1.29 is 28.3 Å². The van der Waals surface area contributed by atoms with Crippen LogP contribution in [0.1, 0.15) is 53.5 Å². The molecule has 9 heteroatoms. The third kappa shape index (κ3) is 5.81. The van der Waals surface area contributed by atoms with E-state index in [9.17, 15) is 14.4 Å². The van der Waals surface area contributed by atoms with Crippen molar-refractivity contribution in [1.29, 1.82) is 0 Å². The maximum Gasteiger partial charge on any atom is 0.289 e. The van der Waals surface area contributed by atoms with Crippen LogP contribution < -0.4 is 20.3 Å². The molecule has 0 spiro atoms. The lowest BCUT2D eigenvalue weighted by atomic mass is 9.97. The maximum absolute atomic E-state index is 12.6. The Morgan fingerprint density at radius 1 is 1.19 bits per heavy atom. The van der Waals surface area contributed by atoms with Gasteiger partial charge in [-0.2, -0.15) is 0 Å². The Bertz CT molecular complexity index is 928. The van der Waals surface area contributed by atoms with Gasteiger partial charge in [0.25, 0.3) is 11.8 Å². The van der Waals surface area contributed by atoms with E-state index in [-0.39, 0.29) is 24.1 Å². The number of hydrogen-bond donors (Lipinski definition) is 2.